The van der Waals surface area contributed by atoms with Crippen LogP contribution in [-0.4, -0.2) is 4.98 Å². The first-order valence-corrected chi connectivity index (χ1v) is 4.51. The van der Waals surface area contributed by atoms with Gasteiger partial charge in [-0.25, -0.2) is 8.78 Å². The molecule has 2 aromatic rings. The fraction of sp³-hybridized carbons (Fsp3) is 0. The van der Waals surface area contributed by atoms with Crippen LogP contribution in [0.15, 0.2) is 36.7 Å². The summed E-state index contributed by atoms with van der Waals surface area (Å²) >= 11 is 0. The van der Waals surface area contributed by atoms with Gasteiger partial charge < -0.3 is 0 Å². The molecule has 0 aliphatic heterocycles. The molecule has 0 aliphatic rings. The fourth-order valence-electron chi connectivity index (χ4n) is 1.38. The Morgan fingerprint density at radius 2 is 1.94 bits per heavy atom. The van der Waals surface area contributed by atoms with Gasteiger partial charge in [0.1, 0.15) is 11.6 Å². The van der Waals surface area contributed by atoms with Crippen LogP contribution in [0.4, 0.5) is 8.78 Å². The first kappa shape index (κ1) is 10.2. The Morgan fingerprint density at radius 3 is 2.62 bits per heavy atom. The molecule has 0 saturated heterocycles. The van der Waals surface area contributed by atoms with Crippen molar-refractivity contribution in [3.63, 3.8) is 0 Å². The molecule has 0 spiro atoms. The number of nitriles is 1. The third-order valence-corrected chi connectivity index (χ3v) is 2.11. The Kier molecular flexibility index (Phi) is 2.61. The van der Waals surface area contributed by atoms with Crippen LogP contribution in [0.1, 0.15) is 5.56 Å². The average molecular weight is 216 g/mol. The number of benzene rings is 1. The first-order valence-electron chi connectivity index (χ1n) is 4.51. The maximum absolute atomic E-state index is 13.5. The number of rotatable bonds is 1. The molecule has 78 valence electrons. The lowest BCUT2D eigenvalue weighted by atomic mass is 10.0. The summed E-state index contributed by atoms with van der Waals surface area (Å²) in [5.74, 6) is -1.05. The van der Waals surface area contributed by atoms with Gasteiger partial charge in [0.05, 0.1) is 17.8 Å². The normalized spacial score (nSPS) is 9.81. The second-order valence-corrected chi connectivity index (χ2v) is 3.20. The molecule has 0 saturated carbocycles. The van der Waals surface area contributed by atoms with Crippen LogP contribution in [0.5, 0.6) is 0 Å². The lowest BCUT2D eigenvalue weighted by molar-refractivity contribution is 0.619. The Bertz CT molecular complexity index is 573. The third-order valence-electron chi connectivity index (χ3n) is 2.11. The maximum atomic E-state index is 13.5. The molecule has 0 unspecified atom stereocenters. The molecule has 1 aromatic heterocycles. The summed E-state index contributed by atoms with van der Waals surface area (Å²) in [6.45, 7) is 0. The van der Waals surface area contributed by atoms with Gasteiger partial charge in [0.25, 0.3) is 0 Å². The highest BCUT2D eigenvalue weighted by atomic mass is 19.1. The molecule has 0 atom stereocenters. The van der Waals surface area contributed by atoms with Crippen molar-refractivity contribution < 1.29 is 8.78 Å². The van der Waals surface area contributed by atoms with Crippen molar-refractivity contribution in [3.05, 3.63) is 53.9 Å². The zero-order valence-electron chi connectivity index (χ0n) is 8.11. The van der Waals surface area contributed by atoms with Crippen LogP contribution in [0.25, 0.3) is 11.1 Å². The number of hydrogen-bond acceptors (Lipinski definition) is 2. The van der Waals surface area contributed by atoms with Crippen LogP contribution < -0.4 is 0 Å². The second kappa shape index (κ2) is 4.07. The molecule has 0 radical (unpaired) electrons. The minimum atomic E-state index is -0.542. The average Bonchev–Trinajstić information content (AvgIpc) is 2.30. The van der Waals surface area contributed by atoms with Crippen LogP contribution >= 0.6 is 0 Å². The van der Waals surface area contributed by atoms with Gasteiger partial charge in [-0.05, 0) is 24.3 Å². The van der Waals surface area contributed by atoms with Crippen LogP contribution in [0.3, 0.4) is 0 Å². The highest BCUT2D eigenvalue weighted by molar-refractivity contribution is 5.65. The van der Waals surface area contributed by atoms with Gasteiger partial charge in [0, 0.05) is 17.3 Å². The van der Waals surface area contributed by atoms with E-state index in [0.717, 1.165) is 6.20 Å². The van der Waals surface area contributed by atoms with E-state index in [1.807, 2.05) is 6.07 Å². The zero-order valence-corrected chi connectivity index (χ0v) is 8.11. The van der Waals surface area contributed by atoms with Crippen molar-refractivity contribution in [2.75, 3.05) is 0 Å². The van der Waals surface area contributed by atoms with Crippen molar-refractivity contribution >= 4 is 0 Å². The van der Waals surface area contributed by atoms with E-state index in [1.165, 1.54) is 30.5 Å². The van der Waals surface area contributed by atoms with Gasteiger partial charge in [0.2, 0.25) is 0 Å². The van der Waals surface area contributed by atoms with E-state index in [9.17, 15) is 8.78 Å². The van der Waals surface area contributed by atoms with Crippen LogP contribution in [0.2, 0.25) is 0 Å². The molecule has 0 N–H and O–H groups in total. The quantitative estimate of drug-likeness (QED) is 0.734. The molecule has 0 fully saturated rings. The van der Waals surface area contributed by atoms with Gasteiger partial charge in [-0.1, -0.05) is 0 Å². The molecule has 1 heterocycles. The molecule has 4 heteroatoms. The van der Waals surface area contributed by atoms with Crippen molar-refractivity contribution in [3.8, 4) is 17.2 Å². The summed E-state index contributed by atoms with van der Waals surface area (Å²) in [7, 11) is 0. The minimum Gasteiger partial charge on any atom is -0.261 e. The van der Waals surface area contributed by atoms with E-state index in [4.69, 9.17) is 5.26 Å². The van der Waals surface area contributed by atoms with Crippen LogP contribution in [-0.2, 0) is 0 Å². The second-order valence-electron chi connectivity index (χ2n) is 3.20. The van der Waals surface area contributed by atoms with Gasteiger partial charge in [-0.2, -0.15) is 5.26 Å². The summed E-state index contributed by atoms with van der Waals surface area (Å²) in [4.78, 5) is 3.63. The van der Waals surface area contributed by atoms with Gasteiger partial charge in [0.15, 0.2) is 0 Å². The number of hydrogen-bond donors (Lipinski definition) is 0. The Labute approximate surface area is 90.8 Å². The Morgan fingerprint density at radius 1 is 1.12 bits per heavy atom. The molecular weight excluding hydrogens is 210 g/mol. The topological polar surface area (TPSA) is 36.7 Å². The number of nitrogens with zero attached hydrogens (tertiary/aromatic N) is 2. The maximum Gasteiger partial charge on any atom is 0.142 e. The summed E-state index contributed by atoms with van der Waals surface area (Å²) < 4.78 is 26.4. The van der Waals surface area contributed by atoms with E-state index < -0.39 is 11.6 Å². The standard InChI is InChI=1S/C12H6F2N2/c13-10-4-9(6-16-7-10)11-3-8(5-15)1-2-12(11)14/h1-4,6-7H. The van der Waals surface area contributed by atoms with Crippen molar-refractivity contribution in [2.45, 2.75) is 0 Å². The molecular formula is C12H6F2N2. The molecule has 2 rings (SSSR count). The molecule has 0 amide bonds. The monoisotopic (exact) mass is 216 g/mol. The van der Waals surface area contributed by atoms with E-state index in [-0.39, 0.29) is 5.56 Å². The van der Waals surface area contributed by atoms with E-state index in [1.54, 1.807) is 0 Å². The Balaban J connectivity index is 2.60. The highest BCUT2D eigenvalue weighted by Gasteiger charge is 2.07. The minimum absolute atomic E-state index is 0.172. The van der Waals surface area contributed by atoms with Gasteiger partial charge >= 0.3 is 0 Å². The van der Waals surface area contributed by atoms with E-state index in [2.05, 4.69) is 4.98 Å². The molecule has 1 aromatic carbocycles. The molecule has 0 aliphatic carbocycles. The predicted octanol–water partition coefficient (Wildman–Crippen LogP) is 2.90. The number of halogens is 2. The van der Waals surface area contributed by atoms with Gasteiger partial charge in [-0.15, -0.1) is 0 Å². The Hall–Kier alpha value is -2.28. The lowest BCUT2D eigenvalue weighted by Crippen LogP contribution is -1.88. The number of aromatic nitrogens is 1. The summed E-state index contributed by atoms with van der Waals surface area (Å²) in [6, 6.07) is 6.98. The largest absolute Gasteiger partial charge is 0.261 e. The van der Waals surface area contributed by atoms with Gasteiger partial charge in [-0.3, -0.25) is 4.98 Å². The first-order chi connectivity index (χ1) is 7.70. The fourth-order valence-corrected chi connectivity index (χ4v) is 1.38. The third kappa shape index (κ3) is 1.89. The lowest BCUT2D eigenvalue weighted by Gasteiger charge is -2.03. The summed E-state index contributed by atoms with van der Waals surface area (Å²) in [5, 5.41) is 8.69. The smallest absolute Gasteiger partial charge is 0.142 e. The van der Waals surface area contributed by atoms with E-state index >= 15 is 0 Å². The predicted molar refractivity (Wildman–Crippen MR) is 54.3 cm³/mol. The summed E-state index contributed by atoms with van der Waals surface area (Å²) in [5.41, 5.74) is 0.807. The molecule has 0 bridgehead atoms. The summed E-state index contributed by atoms with van der Waals surface area (Å²) in [6.07, 6.45) is 2.39. The SMILES string of the molecule is N#Cc1ccc(F)c(-c2cncc(F)c2)c1. The zero-order chi connectivity index (χ0) is 11.5. The molecule has 16 heavy (non-hydrogen) atoms. The van der Waals surface area contributed by atoms with Crippen molar-refractivity contribution in [1.82, 2.24) is 4.98 Å². The number of pyridine rings is 1. The van der Waals surface area contributed by atoms with Crippen molar-refractivity contribution in [2.24, 2.45) is 0 Å². The molecule has 2 nitrogen and oxygen atoms in total. The van der Waals surface area contributed by atoms with E-state index in [0.29, 0.717) is 11.1 Å². The highest BCUT2D eigenvalue weighted by Crippen LogP contribution is 2.23. The van der Waals surface area contributed by atoms with Crippen LogP contribution in [0, 0.1) is 23.0 Å². The van der Waals surface area contributed by atoms with Crippen molar-refractivity contribution in [1.29, 1.82) is 5.26 Å².